The summed E-state index contributed by atoms with van der Waals surface area (Å²) in [5, 5.41) is 22.6. The first-order chi connectivity index (χ1) is 7.60. The van der Waals surface area contributed by atoms with Gasteiger partial charge in [-0.1, -0.05) is 13.0 Å². The number of rotatable bonds is 3. The molecule has 0 spiro atoms. The first-order valence-electron chi connectivity index (χ1n) is 6.03. The first-order valence-corrected chi connectivity index (χ1v) is 6.91. The van der Waals surface area contributed by atoms with Crippen LogP contribution in [0.1, 0.15) is 37.5 Å². The zero-order valence-electron chi connectivity index (χ0n) is 9.72. The Balaban J connectivity index is 1.95. The third-order valence-corrected chi connectivity index (χ3v) is 4.63. The van der Waals surface area contributed by atoms with Crippen molar-refractivity contribution in [2.45, 2.75) is 50.7 Å². The van der Waals surface area contributed by atoms with Gasteiger partial charge in [0.25, 0.3) is 0 Å². The molecule has 0 saturated heterocycles. The van der Waals surface area contributed by atoms with E-state index in [4.69, 9.17) is 0 Å². The molecular formula is C13H20O2S. The topological polar surface area (TPSA) is 40.5 Å². The number of aliphatic hydroxyl groups excluding tert-OH is 1. The van der Waals surface area contributed by atoms with Crippen molar-refractivity contribution in [3.05, 3.63) is 22.4 Å². The Bertz CT molecular complexity index is 313. The molecule has 0 aliphatic heterocycles. The average molecular weight is 240 g/mol. The smallest absolute Gasteiger partial charge is 0.0909 e. The third-order valence-electron chi connectivity index (χ3n) is 3.74. The highest BCUT2D eigenvalue weighted by molar-refractivity contribution is 7.09. The lowest BCUT2D eigenvalue weighted by Crippen LogP contribution is -2.46. The molecular weight excluding hydrogens is 220 g/mol. The molecule has 0 bridgehead atoms. The molecule has 1 unspecified atom stereocenters. The van der Waals surface area contributed by atoms with Crippen molar-refractivity contribution in [2.24, 2.45) is 5.92 Å². The summed E-state index contributed by atoms with van der Waals surface area (Å²) in [6.45, 7) is 2.21. The average Bonchev–Trinajstić information content (AvgIpc) is 2.75. The van der Waals surface area contributed by atoms with E-state index in [1.54, 1.807) is 11.3 Å². The molecule has 1 heterocycles. The van der Waals surface area contributed by atoms with Crippen molar-refractivity contribution in [2.75, 3.05) is 0 Å². The summed E-state index contributed by atoms with van der Waals surface area (Å²) in [6.07, 6.45) is 3.50. The van der Waals surface area contributed by atoms with Gasteiger partial charge < -0.3 is 10.2 Å². The second-order valence-electron chi connectivity index (χ2n) is 5.09. The Morgan fingerprint density at radius 1 is 1.50 bits per heavy atom. The van der Waals surface area contributed by atoms with Gasteiger partial charge in [-0.05, 0) is 43.0 Å². The van der Waals surface area contributed by atoms with E-state index < -0.39 is 11.7 Å². The maximum atomic E-state index is 10.4. The molecule has 1 aromatic heterocycles. The number of thiophene rings is 1. The summed E-state index contributed by atoms with van der Waals surface area (Å²) in [5.41, 5.74) is -0.851. The van der Waals surface area contributed by atoms with Crippen LogP contribution < -0.4 is 0 Å². The van der Waals surface area contributed by atoms with Crippen molar-refractivity contribution in [3.8, 4) is 0 Å². The van der Waals surface area contributed by atoms with Crippen LogP contribution >= 0.6 is 11.3 Å². The second-order valence-corrected chi connectivity index (χ2v) is 6.12. The highest BCUT2D eigenvalue weighted by atomic mass is 32.1. The molecule has 90 valence electrons. The van der Waals surface area contributed by atoms with Crippen LogP contribution in [0.2, 0.25) is 0 Å². The largest absolute Gasteiger partial charge is 0.390 e. The minimum absolute atomic E-state index is 0.586. The lowest BCUT2D eigenvalue weighted by atomic mass is 9.76. The van der Waals surface area contributed by atoms with Gasteiger partial charge in [-0.3, -0.25) is 0 Å². The molecule has 3 heteroatoms. The van der Waals surface area contributed by atoms with Gasteiger partial charge in [0.05, 0.1) is 11.7 Å². The van der Waals surface area contributed by atoms with Gasteiger partial charge in [-0.2, -0.15) is 0 Å². The van der Waals surface area contributed by atoms with Gasteiger partial charge in [-0.15, -0.1) is 11.3 Å². The van der Waals surface area contributed by atoms with Crippen LogP contribution in [0.15, 0.2) is 17.5 Å². The van der Waals surface area contributed by atoms with E-state index in [0.717, 1.165) is 30.6 Å². The Morgan fingerprint density at radius 3 is 2.75 bits per heavy atom. The molecule has 1 aliphatic carbocycles. The predicted octanol–water partition coefficient (Wildman–Crippen LogP) is 2.59. The lowest BCUT2D eigenvalue weighted by molar-refractivity contribution is -0.102. The molecule has 1 atom stereocenters. The quantitative estimate of drug-likeness (QED) is 0.852. The van der Waals surface area contributed by atoms with Crippen molar-refractivity contribution in [3.63, 3.8) is 0 Å². The Hall–Kier alpha value is -0.380. The zero-order valence-corrected chi connectivity index (χ0v) is 10.5. The molecule has 2 N–H and O–H groups in total. The summed E-state index contributed by atoms with van der Waals surface area (Å²) >= 11 is 1.64. The van der Waals surface area contributed by atoms with E-state index in [2.05, 4.69) is 6.92 Å². The minimum Gasteiger partial charge on any atom is -0.390 e. The standard InChI is InChI=1S/C13H20O2S/c1-10-4-6-13(15,7-5-10)12(14)9-11-3-2-8-16-11/h2-3,8,10,12,14-15H,4-7,9H2,1H3. The van der Waals surface area contributed by atoms with Crippen molar-refractivity contribution in [1.29, 1.82) is 0 Å². The fourth-order valence-corrected chi connectivity index (χ4v) is 3.15. The second kappa shape index (κ2) is 4.86. The molecule has 1 aromatic rings. The molecule has 1 aliphatic rings. The van der Waals surface area contributed by atoms with E-state index in [-0.39, 0.29) is 0 Å². The van der Waals surface area contributed by atoms with Crippen LogP contribution in [0.3, 0.4) is 0 Å². The molecule has 1 saturated carbocycles. The van der Waals surface area contributed by atoms with Crippen LogP contribution in [0, 0.1) is 5.92 Å². The third kappa shape index (κ3) is 2.65. The minimum atomic E-state index is -0.851. The monoisotopic (exact) mass is 240 g/mol. The van der Waals surface area contributed by atoms with Gasteiger partial charge in [0.15, 0.2) is 0 Å². The SMILES string of the molecule is CC1CCC(O)(C(O)Cc2cccs2)CC1. The highest BCUT2D eigenvalue weighted by Gasteiger charge is 2.38. The van der Waals surface area contributed by atoms with Gasteiger partial charge in [-0.25, -0.2) is 0 Å². The summed E-state index contributed by atoms with van der Waals surface area (Å²) in [4.78, 5) is 1.15. The van der Waals surface area contributed by atoms with Gasteiger partial charge in [0, 0.05) is 11.3 Å². The van der Waals surface area contributed by atoms with Crippen LogP contribution in [-0.2, 0) is 6.42 Å². The normalized spacial score (nSPS) is 32.6. The molecule has 2 nitrogen and oxygen atoms in total. The Morgan fingerprint density at radius 2 is 2.19 bits per heavy atom. The maximum absolute atomic E-state index is 10.4. The van der Waals surface area contributed by atoms with Crippen LogP contribution in [0.5, 0.6) is 0 Å². The van der Waals surface area contributed by atoms with Crippen LogP contribution in [0.4, 0.5) is 0 Å². The van der Waals surface area contributed by atoms with E-state index >= 15 is 0 Å². The summed E-state index contributed by atoms with van der Waals surface area (Å²) < 4.78 is 0. The molecule has 0 aromatic carbocycles. The zero-order chi connectivity index (χ0) is 11.6. The number of hydrogen-bond acceptors (Lipinski definition) is 3. The fourth-order valence-electron chi connectivity index (χ4n) is 2.40. The molecule has 2 rings (SSSR count). The van der Waals surface area contributed by atoms with E-state index in [1.807, 2.05) is 17.5 Å². The van der Waals surface area contributed by atoms with Crippen LogP contribution in [0.25, 0.3) is 0 Å². The van der Waals surface area contributed by atoms with Crippen molar-refractivity contribution >= 4 is 11.3 Å². The van der Waals surface area contributed by atoms with E-state index in [1.165, 1.54) is 0 Å². The van der Waals surface area contributed by atoms with Crippen LogP contribution in [-0.4, -0.2) is 21.9 Å². The van der Waals surface area contributed by atoms with Crippen molar-refractivity contribution < 1.29 is 10.2 Å². The summed E-state index contributed by atoms with van der Waals surface area (Å²) in [5.74, 6) is 0.689. The maximum Gasteiger partial charge on any atom is 0.0909 e. The fraction of sp³-hybridized carbons (Fsp3) is 0.692. The number of aliphatic hydroxyl groups is 2. The van der Waals surface area contributed by atoms with E-state index in [9.17, 15) is 10.2 Å². The molecule has 1 fully saturated rings. The highest BCUT2D eigenvalue weighted by Crippen LogP contribution is 2.35. The lowest BCUT2D eigenvalue weighted by Gasteiger charge is -2.38. The summed E-state index contributed by atoms with van der Waals surface area (Å²) in [6, 6.07) is 4.00. The Labute approximate surface area is 101 Å². The summed E-state index contributed by atoms with van der Waals surface area (Å²) in [7, 11) is 0. The van der Waals surface area contributed by atoms with Gasteiger partial charge in [0.1, 0.15) is 0 Å². The first kappa shape index (κ1) is 12.1. The molecule has 16 heavy (non-hydrogen) atoms. The molecule has 0 amide bonds. The molecule has 0 radical (unpaired) electrons. The van der Waals surface area contributed by atoms with Gasteiger partial charge >= 0.3 is 0 Å². The van der Waals surface area contributed by atoms with Crippen molar-refractivity contribution in [1.82, 2.24) is 0 Å². The van der Waals surface area contributed by atoms with E-state index in [0.29, 0.717) is 12.3 Å². The Kier molecular flexibility index (Phi) is 3.67. The number of hydrogen-bond donors (Lipinski definition) is 2. The van der Waals surface area contributed by atoms with Gasteiger partial charge in [0.2, 0.25) is 0 Å². The predicted molar refractivity (Wildman–Crippen MR) is 66.6 cm³/mol.